The lowest BCUT2D eigenvalue weighted by Crippen LogP contribution is -2.52. The van der Waals surface area contributed by atoms with E-state index in [1.807, 2.05) is 30.3 Å². The third-order valence-corrected chi connectivity index (χ3v) is 6.70. The van der Waals surface area contributed by atoms with Gasteiger partial charge in [0.15, 0.2) is 5.78 Å². The SMILES string of the molecule is CCC(C(=O)NC(CC(=O)O)C(=O)CF)N1Cc2ccc(-c3ccc4scnc4c3)cc2C1=O. The van der Waals surface area contributed by atoms with Crippen LogP contribution in [0.3, 0.4) is 0 Å². The van der Waals surface area contributed by atoms with E-state index in [-0.39, 0.29) is 18.9 Å². The quantitative estimate of drug-likeness (QED) is 0.483. The summed E-state index contributed by atoms with van der Waals surface area (Å²) in [6.07, 6.45) is -0.492. The molecule has 2 unspecified atom stereocenters. The van der Waals surface area contributed by atoms with E-state index < -0.39 is 42.8 Å². The van der Waals surface area contributed by atoms with Crippen molar-refractivity contribution in [3.8, 4) is 11.1 Å². The first-order valence-electron chi connectivity index (χ1n) is 10.7. The molecular weight excluding hydrogens is 461 g/mol. The topological polar surface area (TPSA) is 117 Å². The molecule has 0 radical (unpaired) electrons. The van der Waals surface area contributed by atoms with E-state index >= 15 is 0 Å². The first kappa shape index (κ1) is 23.5. The third kappa shape index (κ3) is 4.54. The summed E-state index contributed by atoms with van der Waals surface area (Å²) in [4.78, 5) is 54.6. The first-order valence-corrected chi connectivity index (χ1v) is 11.6. The fourth-order valence-corrected chi connectivity index (χ4v) is 4.78. The van der Waals surface area contributed by atoms with Gasteiger partial charge in [0.1, 0.15) is 18.8 Å². The molecule has 2 amide bonds. The van der Waals surface area contributed by atoms with Crippen LogP contribution in [0.25, 0.3) is 21.3 Å². The van der Waals surface area contributed by atoms with Crippen LogP contribution < -0.4 is 5.32 Å². The molecule has 176 valence electrons. The predicted octanol–water partition coefficient (Wildman–Crippen LogP) is 3.20. The maximum atomic E-state index is 13.2. The maximum Gasteiger partial charge on any atom is 0.305 e. The summed E-state index contributed by atoms with van der Waals surface area (Å²) in [5, 5.41) is 11.3. The molecule has 1 aromatic heterocycles. The molecular formula is C24H22FN3O5S. The number of halogens is 1. The van der Waals surface area contributed by atoms with Gasteiger partial charge in [0.25, 0.3) is 5.91 Å². The molecule has 0 spiro atoms. The molecule has 1 aliphatic rings. The van der Waals surface area contributed by atoms with Crippen LogP contribution in [0.15, 0.2) is 41.9 Å². The summed E-state index contributed by atoms with van der Waals surface area (Å²) in [5.41, 5.74) is 5.64. The summed E-state index contributed by atoms with van der Waals surface area (Å²) in [5.74, 6) is -3.39. The van der Waals surface area contributed by atoms with Gasteiger partial charge in [-0.2, -0.15) is 0 Å². The van der Waals surface area contributed by atoms with Crippen LogP contribution in [0, 0.1) is 0 Å². The molecule has 0 saturated heterocycles. The van der Waals surface area contributed by atoms with Gasteiger partial charge in [-0.25, -0.2) is 9.37 Å². The number of amides is 2. The fraction of sp³-hybridized carbons (Fsp3) is 0.292. The van der Waals surface area contributed by atoms with E-state index in [0.29, 0.717) is 5.56 Å². The Morgan fingerprint density at radius 2 is 1.94 bits per heavy atom. The van der Waals surface area contributed by atoms with E-state index in [4.69, 9.17) is 5.11 Å². The van der Waals surface area contributed by atoms with Crippen LogP contribution in [0.5, 0.6) is 0 Å². The van der Waals surface area contributed by atoms with Crippen LogP contribution in [0.1, 0.15) is 35.7 Å². The van der Waals surface area contributed by atoms with E-state index in [9.17, 15) is 23.6 Å². The predicted molar refractivity (Wildman–Crippen MR) is 124 cm³/mol. The molecule has 0 bridgehead atoms. The van der Waals surface area contributed by atoms with E-state index in [2.05, 4.69) is 10.3 Å². The molecule has 2 atom stereocenters. The maximum absolute atomic E-state index is 13.2. The van der Waals surface area contributed by atoms with Crippen molar-refractivity contribution in [2.24, 2.45) is 0 Å². The van der Waals surface area contributed by atoms with Crippen LogP contribution in [-0.4, -0.2) is 57.3 Å². The number of thiazole rings is 1. The number of aliphatic carboxylic acids is 1. The summed E-state index contributed by atoms with van der Waals surface area (Å²) in [6, 6.07) is 9.02. The van der Waals surface area contributed by atoms with Gasteiger partial charge in [-0.3, -0.25) is 19.2 Å². The van der Waals surface area contributed by atoms with E-state index in [1.54, 1.807) is 29.8 Å². The molecule has 0 fully saturated rings. The van der Waals surface area contributed by atoms with Gasteiger partial charge in [0, 0.05) is 12.1 Å². The van der Waals surface area contributed by atoms with E-state index in [1.165, 1.54) is 4.90 Å². The zero-order valence-corrected chi connectivity index (χ0v) is 19.1. The number of nitrogens with one attached hydrogen (secondary N) is 1. The van der Waals surface area contributed by atoms with Gasteiger partial charge in [-0.15, -0.1) is 11.3 Å². The number of Topliss-reactive ketones (excluding diaryl/α,β-unsaturated/α-hetero) is 1. The van der Waals surface area contributed by atoms with Gasteiger partial charge in [-0.05, 0) is 41.3 Å². The number of hydrogen-bond acceptors (Lipinski definition) is 6. The number of rotatable bonds is 9. The van der Waals surface area contributed by atoms with Crippen LogP contribution >= 0.6 is 11.3 Å². The first-order chi connectivity index (χ1) is 16.3. The highest BCUT2D eigenvalue weighted by Crippen LogP contribution is 2.32. The number of fused-ring (bicyclic) bond motifs is 2. The molecule has 8 nitrogen and oxygen atoms in total. The Kier molecular flexibility index (Phi) is 6.69. The second-order valence-electron chi connectivity index (χ2n) is 8.02. The molecule has 0 saturated carbocycles. The highest BCUT2D eigenvalue weighted by Gasteiger charge is 2.37. The van der Waals surface area contributed by atoms with Crippen molar-refractivity contribution in [3.63, 3.8) is 0 Å². The van der Waals surface area contributed by atoms with Crippen molar-refractivity contribution in [2.75, 3.05) is 6.67 Å². The number of carbonyl (C=O) groups is 4. The number of alkyl halides is 1. The zero-order chi connectivity index (χ0) is 24.4. The number of hydrogen-bond donors (Lipinski definition) is 2. The van der Waals surface area contributed by atoms with Crippen molar-refractivity contribution in [2.45, 2.75) is 38.4 Å². The van der Waals surface area contributed by atoms with E-state index in [0.717, 1.165) is 26.9 Å². The number of ketones is 1. The van der Waals surface area contributed by atoms with Gasteiger partial charge in [0.05, 0.1) is 22.1 Å². The summed E-state index contributed by atoms with van der Waals surface area (Å²) in [7, 11) is 0. The molecule has 1 aliphatic heterocycles. The Morgan fingerprint density at radius 1 is 1.21 bits per heavy atom. The fourth-order valence-electron chi connectivity index (χ4n) is 4.12. The Bertz CT molecular complexity index is 1290. The number of aromatic nitrogens is 1. The minimum absolute atomic E-state index is 0.201. The van der Waals surface area contributed by atoms with Crippen molar-refractivity contribution in [1.82, 2.24) is 15.2 Å². The Labute approximate surface area is 198 Å². The van der Waals surface area contributed by atoms with Crippen molar-refractivity contribution in [3.05, 3.63) is 53.0 Å². The molecule has 0 aliphatic carbocycles. The lowest BCUT2D eigenvalue weighted by atomic mass is 10.0. The zero-order valence-electron chi connectivity index (χ0n) is 18.3. The molecule has 4 rings (SSSR count). The number of benzene rings is 2. The van der Waals surface area contributed by atoms with Crippen LogP contribution in [0.2, 0.25) is 0 Å². The van der Waals surface area contributed by atoms with Gasteiger partial charge < -0.3 is 15.3 Å². The third-order valence-electron chi connectivity index (χ3n) is 5.89. The second-order valence-corrected chi connectivity index (χ2v) is 8.91. The monoisotopic (exact) mass is 483 g/mol. The summed E-state index contributed by atoms with van der Waals surface area (Å²) < 4.78 is 13.9. The number of carboxylic acids is 1. The Hall–Kier alpha value is -3.66. The molecule has 34 heavy (non-hydrogen) atoms. The minimum atomic E-state index is -1.49. The lowest BCUT2D eigenvalue weighted by molar-refractivity contribution is -0.140. The second kappa shape index (κ2) is 9.68. The smallest absolute Gasteiger partial charge is 0.305 e. The number of carbonyl (C=O) groups excluding carboxylic acids is 3. The summed E-state index contributed by atoms with van der Waals surface area (Å²) in [6.45, 7) is 0.517. The average Bonchev–Trinajstić information content (AvgIpc) is 3.42. The Balaban J connectivity index is 1.55. The number of nitrogens with zero attached hydrogens (tertiary/aromatic N) is 2. The summed E-state index contributed by atoms with van der Waals surface area (Å²) >= 11 is 1.55. The molecule has 10 heteroatoms. The average molecular weight is 484 g/mol. The van der Waals surface area contributed by atoms with Crippen molar-refractivity contribution < 1.29 is 28.7 Å². The van der Waals surface area contributed by atoms with Crippen molar-refractivity contribution in [1.29, 1.82) is 0 Å². The van der Waals surface area contributed by atoms with Gasteiger partial charge >= 0.3 is 5.97 Å². The van der Waals surface area contributed by atoms with Gasteiger partial charge in [0.2, 0.25) is 5.91 Å². The largest absolute Gasteiger partial charge is 0.481 e. The highest BCUT2D eigenvalue weighted by molar-refractivity contribution is 7.16. The number of carboxylic acid groups (broad SMARTS) is 1. The standard InChI is InChI=1S/C24H22FN3O5S/c1-2-19(23(32)27-17(9-22(30)31)20(29)10-25)28-11-15-4-3-13(7-16(15)24(28)33)14-5-6-21-18(8-14)26-12-34-21/h3-8,12,17,19H,2,9-11H2,1H3,(H,27,32)(H,30,31). The lowest BCUT2D eigenvalue weighted by Gasteiger charge is -2.27. The molecule has 2 aromatic carbocycles. The van der Waals surface area contributed by atoms with Crippen LogP contribution in [-0.2, 0) is 20.9 Å². The Morgan fingerprint density at radius 3 is 2.65 bits per heavy atom. The highest BCUT2D eigenvalue weighted by atomic mass is 32.1. The normalized spacial score (nSPS) is 14.6. The van der Waals surface area contributed by atoms with Gasteiger partial charge in [-0.1, -0.05) is 25.1 Å². The molecule has 2 heterocycles. The van der Waals surface area contributed by atoms with Crippen LogP contribution in [0.4, 0.5) is 4.39 Å². The molecule has 3 aromatic rings. The van der Waals surface area contributed by atoms with Crippen molar-refractivity contribution >= 4 is 45.1 Å². The molecule has 2 N–H and O–H groups in total. The minimum Gasteiger partial charge on any atom is -0.481 e.